The molecule has 0 saturated heterocycles. The molecule has 2 rings (SSSR count). The molecule has 0 aliphatic rings. The average Bonchev–Trinajstić information content (AvgIpc) is 2.44. The van der Waals surface area contributed by atoms with E-state index in [2.05, 4.69) is 25.3 Å². The van der Waals surface area contributed by atoms with Crippen molar-refractivity contribution in [1.82, 2.24) is 19.9 Å². The molecule has 0 atom stereocenters. The maximum atomic E-state index is 5.65. The first-order chi connectivity index (χ1) is 5.81. The van der Waals surface area contributed by atoms with Crippen molar-refractivity contribution < 1.29 is 0 Å². The molecule has 0 fully saturated rings. The van der Waals surface area contributed by atoms with Crippen molar-refractivity contribution in [2.45, 2.75) is 0 Å². The van der Waals surface area contributed by atoms with Crippen molar-refractivity contribution in [3.8, 4) is 0 Å². The number of aromatic amines is 1. The molecule has 2 aromatic heterocycles. The Morgan fingerprint density at radius 2 is 2.33 bits per heavy atom. The van der Waals surface area contributed by atoms with Crippen molar-refractivity contribution >= 4 is 28.6 Å². The summed E-state index contributed by atoms with van der Waals surface area (Å²) in [5.41, 5.74) is 1.30. The fraction of sp³-hybridized carbons (Fsp3) is 0.167. The molecule has 0 spiro atoms. The third-order valence-electron chi connectivity index (χ3n) is 1.50. The highest BCUT2D eigenvalue weighted by atomic mass is 35.5. The SMILES string of the molecule is CNc1ncnc2nc(Cl)[nH]c12. The molecule has 2 N–H and O–H groups in total. The Hall–Kier alpha value is -1.36. The number of imidazole rings is 1. The number of anilines is 1. The molecule has 0 bridgehead atoms. The second-order valence-electron chi connectivity index (χ2n) is 2.20. The number of H-pyrrole nitrogens is 1. The summed E-state index contributed by atoms with van der Waals surface area (Å²) in [4.78, 5) is 14.7. The zero-order chi connectivity index (χ0) is 8.55. The maximum Gasteiger partial charge on any atom is 0.202 e. The fourth-order valence-electron chi connectivity index (χ4n) is 0.990. The molecule has 0 aromatic carbocycles. The van der Waals surface area contributed by atoms with Gasteiger partial charge in [-0.3, -0.25) is 0 Å². The van der Waals surface area contributed by atoms with Crippen molar-refractivity contribution in [2.24, 2.45) is 0 Å². The van der Waals surface area contributed by atoms with Gasteiger partial charge in [0.1, 0.15) is 11.8 Å². The van der Waals surface area contributed by atoms with Gasteiger partial charge in [-0.1, -0.05) is 0 Å². The molecule has 0 amide bonds. The van der Waals surface area contributed by atoms with E-state index < -0.39 is 0 Å². The molecule has 0 saturated carbocycles. The highest BCUT2D eigenvalue weighted by Crippen LogP contribution is 2.17. The van der Waals surface area contributed by atoms with Gasteiger partial charge in [-0.05, 0) is 11.6 Å². The molecule has 2 aromatic rings. The maximum absolute atomic E-state index is 5.65. The minimum Gasteiger partial charge on any atom is -0.371 e. The van der Waals surface area contributed by atoms with E-state index in [0.717, 1.165) is 5.52 Å². The first-order valence-corrected chi connectivity index (χ1v) is 3.73. The second-order valence-corrected chi connectivity index (χ2v) is 2.56. The van der Waals surface area contributed by atoms with Gasteiger partial charge in [0.25, 0.3) is 0 Å². The summed E-state index contributed by atoms with van der Waals surface area (Å²) in [6.45, 7) is 0. The van der Waals surface area contributed by atoms with E-state index in [4.69, 9.17) is 11.6 Å². The van der Waals surface area contributed by atoms with Crippen molar-refractivity contribution in [3.05, 3.63) is 11.6 Å². The molecule has 0 aliphatic heterocycles. The molecule has 0 radical (unpaired) electrons. The first-order valence-electron chi connectivity index (χ1n) is 3.35. The summed E-state index contributed by atoms with van der Waals surface area (Å²) < 4.78 is 0. The van der Waals surface area contributed by atoms with Crippen LogP contribution < -0.4 is 5.32 Å². The molecule has 2 heterocycles. The number of nitrogens with one attached hydrogen (secondary N) is 2. The van der Waals surface area contributed by atoms with Crippen LogP contribution in [0.15, 0.2) is 6.33 Å². The predicted octanol–water partition coefficient (Wildman–Crippen LogP) is 1.05. The molecule has 0 aliphatic carbocycles. The normalized spacial score (nSPS) is 10.5. The summed E-state index contributed by atoms with van der Waals surface area (Å²) in [7, 11) is 1.77. The second kappa shape index (κ2) is 2.60. The Morgan fingerprint density at radius 3 is 3.08 bits per heavy atom. The van der Waals surface area contributed by atoms with Gasteiger partial charge in [0.05, 0.1) is 0 Å². The van der Waals surface area contributed by atoms with E-state index in [-0.39, 0.29) is 0 Å². The summed E-state index contributed by atoms with van der Waals surface area (Å²) >= 11 is 5.65. The molecular formula is C6H6ClN5. The summed E-state index contributed by atoms with van der Waals surface area (Å²) in [6, 6.07) is 0. The molecule has 12 heavy (non-hydrogen) atoms. The van der Waals surface area contributed by atoms with E-state index in [1.54, 1.807) is 7.05 Å². The third-order valence-corrected chi connectivity index (χ3v) is 1.68. The van der Waals surface area contributed by atoms with Crippen LogP contribution in [0, 0.1) is 0 Å². The number of nitrogens with zero attached hydrogens (tertiary/aromatic N) is 3. The molecular weight excluding hydrogens is 178 g/mol. The monoisotopic (exact) mass is 183 g/mol. The van der Waals surface area contributed by atoms with Crippen LogP contribution in [0.4, 0.5) is 5.82 Å². The van der Waals surface area contributed by atoms with Crippen LogP contribution in [-0.4, -0.2) is 27.0 Å². The Morgan fingerprint density at radius 1 is 1.50 bits per heavy atom. The van der Waals surface area contributed by atoms with Crippen LogP contribution in [0.25, 0.3) is 11.2 Å². The lowest BCUT2D eigenvalue weighted by Gasteiger charge is -1.96. The van der Waals surface area contributed by atoms with Crippen molar-refractivity contribution in [2.75, 3.05) is 12.4 Å². The lowest BCUT2D eigenvalue weighted by Crippen LogP contribution is -1.93. The van der Waals surface area contributed by atoms with E-state index in [1.165, 1.54) is 6.33 Å². The zero-order valence-electron chi connectivity index (χ0n) is 6.30. The van der Waals surface area contributed by atoms with E-state index in [9.17, 15) is 0 Å². The average molecular weight is 184 g/mol. The van der Waals surface area contributed by atoms with Gasteiger partial charge in [-0.25, -0.2) is 9.97 Å². The van der Waals surface area contributed by atoms with Gasteiger partial charge >= 0.3 is 0 Å². The quantitative estimate of drug-likeness (QED) is 0.649. The van der Waals surface area contributed by atoms with Crippen molar-refractivity contribution in [1.29, 1.82) is 0 Å². The Balaban J connectivity index is 2.78. The Labute approximate surface area is 73.2 Å². The van der Waals surface area contributed by atoms with Gasteiger partial charge in [-0.2, -0.15) is 4.98 Å². The lowest BCUT2D eigenvalue weighted by molar-refractivity contribution is 1.19. The van der Waals surface area contributed by atoms with Crippen LogP contribution in [0.1, 0.15) is 0 Å². The van der Waals surface area contributed by atoms with Crippen LogP contribution in [0.3, 0.4) is 0 Å². The molecule has 0 unspecified atom stereocenters. The molecule has 5 nitrogen and oxygen atoms in total. The standard InChI is InChI=1S/C6H6ClN5/c1-8-4-3-5(10-2-9-4)12-6(7)11-3/h2H,1H3,(H2,8,9,10,11,12). The van der Waals surface area contributed by atoms with Gasteiger partial charge in [0.2, 0.25) is 5.28 Å². The fourth-order valence-corrected chi connectivity index (χ4v) is 1.16. The minimum atomic E-state index is 0.321. The van der Waals surface area contributed by atoms with E-state index >= 15 is 0 Å². The van der Waals surface area contributed by atoms with Crippen molar-refractivity contribution in [3.63, 3.8) is 0 Å². The van der Waals surface area contributed by atoms with Gasteiger partial charge in [-0.15, -0.1) is 0 Å². The molecule has 6 heteroatoms. The summed E-state index contributed by atoms with van der Waals surface area (Å²) in [5.74, 6) is 0.694. The van der Waals surface area contributed by atoms with Crippen LogP contribution in [0.2, 0.25) is 5.28 Å². The Bertz CT molecular complexity index is 409. The summed E-state index contributed by atoms with van der Waals surface area (Å²) in [6.07, 6.45) is 1.44. The zero-order valence-corrected chi connectivity index (χ0v) is 7.05. The van der Waals surface area contributed by atoms with Gasteiger partial charge in [0, 0.05) is 7.05 Å². The smallest absolute Gasteiger partial charge is 0.202 e. The van der Waals surface area contributed by atoms with E-state index in [1.807, 2.05) is 0 Å². The largest absolute Gasteiger partial charge is 0.371 e. The number of aromatic nitrogens is 4. The van der Waals surface area contributed by atoms with Gasteiger partial charge in [0.15, 0.2) is 11.5 Å². The topological polar surface area (TPSA) is 66.5 Å². The predicted molar refractivity (Wildman–Crippen MR) is 46.2 cm³/mol. The van der Waals surface area contributed by atoms with Gasteiger partial charge < -0.3 is 10.3 Å². The molecule has 62 valence electrons. The number of rotatable bonds is 1. The highest BCUT2D eigenvalue weighted by Gasteiger charge is 2.05. The number of halogens is 1. The summed E-state index contributed by atoms with van der Waals surface area (Å²) in [5, 5.41) is 3.22. The minimum absolute atomic E-state index is 0.321. The first kappa shape index (κ1) is 7.30. The van der Waals surface area contributed by atoms with Crippen LogP contribution in [0.5, 0.6) is 0 Å². The number of fused-ring (bicyclic) bond motifs is 1. The van der Waals surface area contributed by atoms with Crippen LogP contribution >= 0.6 is 11.6 Å². The Kier molecular flexibility index (Phi) is 1.58. The highest BCUT2D eigenvalue weighted by molar-refractivity contribution is 6.29. The van der Waals surface area contributed by atoms with E-state index in [0.29, 0.717) is 16.7 Å². The number of hydrogen-bond donors (Lipinski definition) is 2. The third kappa shape index (κ3) is 0.984. The number of hydrogen-bond acceptors (Lipinski definition) is 4. The lowest BCUT2D eigenvalue weighted by atomic mass is 10.5. The van der Waals surface area contributed by atoms with Crippen LogP contribution in [-0.2, 0) is 0 Å².